The van der Waals surface area contributed by atoms with E-state index in [1.54, 1.807) is 18.3 Å². The van der Waals surface area contributed by atoms with Crippen molar-refractivity contribution >= 4 is 32.8 Å². The molecular weight excluding hydrogens is 418 g/mol. The molecule has 2 aromatic carbocycles. The van der Waals surface area contributed by atoms with Crippen molar-refractivity contribution in [3.8, 4) is 16.9 Å². The minimum atomic E-state index is -0.976. The predicted molar refractivity (Wildman–Crippen MR) is 113 cm³/mol. The molecule has 4 aromatic rings. The fraction of sp³-hybridized carbons (Fsp3) is 0.136. The van der Waals surface area contributed by atoms with Crippen LogP contribution in [0.3, 0.4) is 0 Å². The average Bonchev–Trinajstić information content (AvgIpc) is 3.03. The van der Waals surface area contributed by atoms with Crippen LogP contribution in [0.15, 0.2) is 53.1 Å². The zero-order valence-corrected chi connectivity index (χ0v) is 17.3. The summed E-state index contributed by atoms with van der Waals surface area (Å²) in [6.07, 6.45) is 1.74. The van der Waals surface area contributed by atoms with Gasteiger partial charge in [-0.1, -0.05) is 34.1 Å². The number of carbonyl (C=O) groups is 1. The fourth-order valence-electron chi connectivity index (χ4n) is 3.37. The number of halogens is 1. The van der Waals surface area contributed by atoms with E-state index in [2.05, 4.69) is 39.2 Å². The summed E-state index contributed by atoms with van der Waals surface area (Å²) in [4.78, 5) is 16.5. The number of pyridine rings is 1. The summed E-state index contributed by atoms with van der Waals surface area (Å²) in [7, 11) is 0. The van der Waals surface area contributed by atoms with Crippen LogP contribution in [0.2, 0.25) is 0 Å². The monoisotopic (exact) mass is 435 g/mol. The van der Waals surface area contributed by atoms with Crippen LogP contribution < -0.4 is 0 Å². The third-order valence-corrected chi connectivity index (χ3v) is 5.37. The van der Waals surface area contributed by atoms with E-state index in [0.717, 1.165) is 32.5 Å². The van der Waals surface area contributed by atoms with Gasteiger partial charge >= 0.3 is 5.97 Å². The molecule has 0 saturated carbocycles. The van der Waals surface area contributed by atoms with Gasteiger partial charge < -0.3 is 5.11 Å². The highest BCUT2D eigenvalue weighted by Gasteiger charge is 2.17. The van der Waals surface area contributed by atoms with Crippen molar-refractivity contribution in [2.24, 2.45) is 0 Å². The number of carboxylic acids is 1. The molecule has 0 saturated heterocycles. The van der Waals surface area contributed by atoms with E-state index in [0.29, 0.717) is 16.6 Å². The lowest BCUT2D eigenvalue weighted by atomic mass is 10.0. The summed E-state index contributed by atoms with van der Waals surface area (Å²) >= 11 is 3.43. The van der Waals surface area contributed by atoms with Gasteiger partial charge in [-0.2, -0.15) is 5.10 Å². The number of rotatable bonds is 3. The molecule has 0 aliphatic rings. The highest BCUT2D eigenvalue weighted by molar-refractivity contribution is 9.10. The zero-order valence-electron chi connectivity index (χ0n) is 15.7. The largest absolute Gasteiger partial charge is 0.478 e. The highest BCUT2D eigenvalue weighted by atomic mass is 79.9. The molecular formula is C22H18BrN3O2. The molecule has 0 amide bonds. The fourth-order valence-corrected chi connectivity index (χ4v) is 3.72. The van der Waals surface area contributed by atoms with Crippen molar-refractivity contribution in [1.82, 2.24) is 14.8 Å². The Labute approximate surface area is 170 Å². The molecule has 28 heavy (non-hydrogen) atoms. The molecule has 6 heteroatoms. The van der Waals surface area contributed by atoms with Crippen molar-refractivity contribution in [3.63, 3.8) is 0 Å². The number of aromatic nitrogens is 3. The van der Waals surface area contributed by atoms with Crippen LogP contribution in [0.5, 0.6) is 0 Å². The molecule has 5 nitrogen and oxygen atoms in total. The summed E-state index contributed by atoms with van der Waals surface area (Å²) < 4.78 is 2.73. The smallest absolute Gasteiger partial charge is 0.336 e. The minimum absolute atomic E-state index is 0.228. The summed E-state index contributed by atoms with van der Waals surface area (Å²) in [6, 6.07) is 13.3. The van der Waals surface area contributed by atoms with E-state index in [9.17, 15) is 9.90 Å². The normalized spacial score (nSPS) is 11.1. The predicted octanol–water partition coefficient (Wildman–Crippen LogP) is 5.47. The first kappa shape index (κ1) is 18.4. The summed E-state index contributed by atoms with van der Waals surface area (Å²) in [6.45, 7) is 6.06. The van der Waals surface area contributed by atoms with Gasteiger partial charge in [0.1, 0.15) is 0 Å². The van der Waals surface area contributed by atoms with Crippen molar-refractivity contribution in [1.29, 1.82) is 0 Å². The van der Waals surface area contributed by atoms with Crippen LogP contribution in [-0.2, 0) is 0 Å². The van der Waals surface area contributed by atoms with Gasteiger partial charge in [0, 0.05) is 15.4 Å². The number of fused-ring (bicyclic) bond motifs is 1. The second-order valence-electron chi connectivity index (χ2n) is 6.87. The van der Waals surface area contributed by atoms with Crippen LogP contribution in [0.25, 0.3) is 27.8 Å². The zero-order chi connectivity index (χ0) is 20.0. The van der Waals surface area contributed by atoms with Crippen LogP contribution in [-0.4, -0.2) is 25.8 Å². The van der Waals surface area contributed by atoms with Gasteiger partial charge in [-0.25, -0.2) is 14.5 Å². The van der Waals surface area contributed by atoms with Gasteiger partial charge in [-0.05, 0) is 56.2 Å². The molecule has 4 rings (SSSR count). The number of hydrogen-bond donors (Lipinski definition) is 1. The lowest BCUT2D eigenvalue weighted by Gasteiger charge is -2.11. The Hall–Kier alpha value is -2.99. The number of aryl methyl sites for hydroxylation is 2. The lowest BCUT2D eigenvalue weighted by molar-refractivity contribution is 0.0699. The molecule has 0 fully saturated rings. The van der Waals surface area contributed by atoms with Crippen LogP contribution in [0, 0.1) is 20.8 Å². The SMILES string of the molecule is Cc1ccc(C)c(-n2ncc(-c3cc(C(=O)O)c4ccc(Br)cc4n3)c2C)c1. The lowest BCUT2D eigenvalue weighted by Crippen LogP contribution is -2.03. The quantitative estimate of drug-likeness (QED) is 0.462. The Bertz CT molecular complexity index is 1240. The minimum Gasteiger partial charge on any atom is -0.478 e. The Morgan fingerprint density at radius 1 is 1.07 bits per heavy atom. The van der Waals surface area contributed by atoms with E-state index in [1.807, 2.05) is 37.6 Å². The number of aromatic carboxylic acids is 1. The Morgan fingerprint density at radius 3 is 2.61 bits per heavy atom. The third kappa shape index (κ3) is 3.10. The third-order valence-electron chi connectivity index (χ3n) is 4.88. The number of carboxylic acid groups (broad SMARTS) is 1. The first-order chi connectivity index (χ1) is 13.3. The van der Waals surface area contributed by atoms with E-state index < -0.39 is 5.97 Å². The van der Waals surface area contributed by atoms with Crippen molar-refractivity contribution in [2.75, 3.05) is 0 Å². The van der Waals surface area contributed by atoms with Crippen molar-refractivity contribution in [2.45, 2.75) is 20.8 Å². The van der Waals surface area contributed by atoms with Crippen LogP contribution >= 0.6 is 15.9 Å². The van der Waals surface area contributed by atoms with Crippen LogP contribution in [0.4, 0.5) is 0 Å². The first-order valence-electron chi connectivity index (χ1n) is 8.81. The maximum absolute atomic E-state index is 11.8. The Balaban J connectivity index is 1.93. The van der Waals surface area contributed by atoms with Gasteiger partial charge in [0.05, 0.1) is 34.4 Å². The van der Waals surface area contributed by atoms with Gasteiger partial charge in [0.25, 0.3) is 0 Å². The van der Waals surface area contributed by atoms with Gasteiger partial charge in [0.15, 0.2) is 0 Å². The summed E-state index contributed by atoms with van der Waals surface area (Å²) in [5.41, 5.74) is 6.44. The highest BCUT2D eigenvalue weighted by Crippen LogP contribution is 2.30. The average molecular weight is 436 g/mol. The van der Waals surface area contributed by atoms with Gasteiger partial charge in [-0.3, -0.25) is 0 Å². The topological polar surface area (TPSA) is 68.0 Å². The molecule has 0 aliphatic heterocycles. The molecule has 2 aromatic heterocycles. The summed E-state index contributed by atoms with van der Waals surface area (Å²) in [5.74, 6) is -0.976. The molecule has 2 heterocycles. The molecule has 1 N–H and O–H groups in total. The molecule has 140 valence electrons. The maximum atomic E-state index is 11.8. The molecule has 0 spiro atoms. The van der Waals surface area contributed by atoms with E-state index in [1.165, 1.54) is 0 Å². The Morgan fingerprint density at radius 2 is 1.86 bits per heavy atom. The molecule has 0 unspecified atom stereocenters. The van der Waals surface area contributed by atoms with Gasteiger partial charge in [-0.15, -0.1) is 0 Å². The number of hydrogen-bond acceptors (Lipinski definition) is 3. The van der Waals surface area contributed by atoms with Crippen LogP contribution in [0.1, 0.15) is 27.2 Å². The number of benzene rings is 2. The van der Waals surface area contributed by atoms with Crippen molar-refractivity contribution < 1.29 is 9.90 Å². The summed E-state index contributed by atoms with van der Waals surface area (Å²) in [5, 5.41) is 14.8. The second kappa shape index (κ2) is 6.87. The Kier molecular flexibility index (Phi) is 4.51. The number of nitrogens with zero attached hydrogens (tertiary/aromatic N) is 3. The molecule has 0 atom stereocenters. The maximum Gasteiger partial charge on any atom is 0.336 e. The van der Waals surface area contributed by atoms with E-state index >= 15 is 0 Å². The van der Waals surface area contributed by atoms with E-state index in [-0.39, 0.29) is 5.56 Å². The standard InChI is InChI=1S/C22H18BrN3O2/c1-12-4-5-13(2)21(8-12)26-14(3)18(11-24-26)20-10-17(22(27)28)16-7-6-15(23)9-19(16)25-20/h4-11H,1-3H3,(H,27,28). The molecule has 0 aliphatic carbocycles. The molecule has 0 radical (unpaired) electrons. The van der Waals surface area contributed by atoms with Gasteiger partial charge in [0.2, 0.25) is 0 Å². The molecule has 0 bridgehead atoms. The first-order valence-corrected chi connectivity index (χ1v) is 9.60. The second-order valence-corrected chi connectivity index (χ2v) is 7.78. The van der Waals surface area contributed by atoms with E-state index in [4.69, 9.17) is 4.98 Å². The van der Waals surface area contributed by atoms with Crippen molar-refractivity contribution in [3.05, 3.63) is 75.5 Å².